The summed E-state index contributed by atoms with van der Waals surface area (Å²) in [7, 11) is 1.65. The molecule has 0 aliphatic carbocycles. The van der Waals surface area contributed by atoms with Gasteiger partial charge in [-0.1, -0.05) is 12.1 Å². The lowest BCUT2D eigenvalue weighted by Gasteiger charge is -2.33. The van der Waals surface area contributed by atoms with E-state index in [9.17, 15) is 4.79 Å². The van der Waals surface area contributed by atoms with Crippen molar-refractivity contribution in [3.05, 3.63) is 42.6 Å². The number of benzene rings is 1. The van der Waals surface area contributed by atoms with Gasteiger partial charge in [0.2, 0.25) is 0 Å². The van der Waals surface area contributed by atoms with Crippen molar-refractivity contribution >= 4 is 11.9 Å². The molecule has 1 aliphatic rings. The van der Waals surface area contributed by atoms with Crippen molar-refractivity contribution in [2.75, 3.05) is 38.2 Å². The number of carboxylic acid groups (broad SMARTS) is 1. The van der Waals surface area contributed by atoms with Gasteiger partial charge in [-0.25, -0.2) is 9.78 Å². The van der Waals surface area contributed by atoms with Gasteiger partial charge in [0.25, 0.3) is 0 Å². The molecule has 0 bridgehead atoms. The van der Waals surface area contributed by atoms with E-state index in [1.165, 1.54) is 4.90 Å². The maximum Gasteiger partial charge on any atom is 0.407 e. The molecule has 1 N–H and O–H groups in total. The number of anilines is 1. The van der Waals surface area contributed by atoms with Crippen molar-refractivity contribution in [1.82, 2.24) is 9.88 Å². The minimum Gasteiger partial charge on any atom is -0.497 e. The van der Waals surface area contributed by atoms with Gasteiger partial charge in [-0.2, -0.15) is 0 Å². The number of nitrogens with zero attached hydrogens (tertiary/aromatic N) is 3. The molecule has 1 aliphatic heterocycles. The number of hydrogen-bond acceptors (Lipinski definition) is 4. The smallest absolute Gasteiger partial charge is 0.407 e. The highest BCUT2D eigenvalue weighted by Gasteiger charge is 2.21. The van der Waals surface area contributed by atoms with E-state index in [4.69, 9.17) is 9.84 Å². The van der Waals surface area contributed by atoms with Gasteiger partial charge in [0.05, 0.1) is 7.11 Å². The first-order chi connectivity index (χ1) is 11.2. The van der Waals surface area contributed by atoms with Crippen LogP contribution in [0.2, 0.25) is 0 Å². The van der Waals surface area contributed by atoms with Crippen LogP contribution < -0.4 is 9.64 Å². The van der Waals surface area contributed by atoms with E-state index in [2.05, 4.69) is 9.88 Å². The lowest BCUT2D eigenvalue weighted by Crippen LogP contribution is -2.48. The van der Waals surface area contributed by atoms with Gasteiger partial charge in [-0.05, 0) is 29.8 Å². The van der Waals surface area contributed by atoms with Crippen LogP contribution in [0.1, 0.15) is 0 Å². The number of carbonyl (C=O) groups is 1. The Labute approximate surface area is 134 Å². The van der Waals surface area contributed by atoms with Crippen LogP contribution in [-0.4, -0.2) is 54.4 Å². The minimum absolute atomic E-state index is 0.511. The van der Waals surface area contributed by atoms with E-state index in [1.807, 2.05) is 42.6 Å². The zero-order chi connectivity index (χ0) is 16.2. The van der Waals surface area contributed by atoms with Crippen LogP contribution in [0.25, 0.3) is 11.1 Å². The molecule has 0 atom stereocenters. The summed E-state index contributed by atoms with van der Waals surface area (Å²) in [6.45, 7) is 2.36. The van der Waals surface area contributed by atoms with Crippen LogP contribution in [0.5, 0.6) is 5.75 Å². The molecule has 0 spiro atoms. The Morgan fingerprint density at radius 1 is 1.04 bits per heavy atom. The van der Waals surface area contributed by atoms with Gasteiger partial charge in [-0.3, -0.25) is 0 Å². The summed E-state index contributed by atoms with van der Waals surface area (Å²) in [5.74, 6) is 1.71. The molecule has 1 saturated heterocycles. The van der Waals surface area contributed by atoms with Crippen molar-refractivity contribution in [3.8, 4) is 16.9 Å². The Bertz CT molecular complexity index is 662. The van der Waals surface area contributed by atoms with Crippen molar-refractivity contribution in [2.24, 2.45) is 0 Å². The fourth-order valence-electron chi connectivity index (χ4n) is 2.65. The molecule has 1 aromatic carbocycles. The number of piperazine rings is 1. The van der Waals surface area contributed by atoms with E-state index in [0.717, 1.165) is 22.7 Å². The molecule has 3 rings (SSSR count). The van der Waals surface area contributed by atoms with Gasteiger partial charge < -0.3 is 19.6 Å². The fraction of sp³-hybridized carbons (Fsp3) is 0.294. The van der Waals surface area contributed by atoms with E-state index >= 15 is 0 Å². The van der Waals surface area contributed by atoms with Crippen LogP contribution in [0.15, 0.2) is 42.6 Å². The highest BCUT2D eigenvalue weighted by Crippen LogP contribution is 2.23. The third-order valence-electron chi connectivity index (χ3n) is 4.05. The van der Waals surface area contributed by atoms with Gasteiger partial charge in [-0.15, -0.1) is 0 Å². The summed E-state index contributed by atoms with van der Waals surface area (Å²) in [4.78, 5) is 19.0. The van der Waals surface area contributed by atoms with Crippen LogP contribution in [0.3, 0.4) is 0 Å². The fourth-order valence-corrected chi connectivity index (χ4v) is 2.65. The molecule has 120 valence electrons. The molecule has 0 radical (unpaired) electrons. The van der Waals surface area contributed by atoms with Gasteiger partial charge in [0.1, 0.15) is 11.6 Å². The Hall–Kier alpha value is -2.76. The first-order valence-electron chi connectivity index (χ1n) is 7.50. The summed E-state index contributed by atoms with van der Waals surface area (Å²) in [5.41, 5.74) is 2.13. The number of rotatable bonds is 3. The SMILES string of the molecule is COc1ccc(-c2ccc(N3CCN(C(=O)O)CC3)nc2)cc1. The number of pyridine rings is 1. The first-order valence-corrected chi connectivity index (χ1v) is 7.50. The average Bonchev–Trinajstić information content (AvgIpc) is 2.62. The van der Waals surface area contributed by atoms with Crippen molar-refractivity contribution in [2.45, 2.75) is 0 Å². The highest BCUT2D eigenvalue weighted by molar-refractivity contribution is 5.66. The third kappa shape index (κ3) is 3.36. The van der Waals surface area contributed by atoms with Crippen LogP contribution >= 0.6 is 0 Å². The highest BCUT2D eigenvalue weighted by atomic mass is 16.5. The molecule has 2 aromatic rings. The lowest BCUT2D eigenvalue weighted by atomic mass is 10.1. The van der Waals surface area contributed by atoms with Gasteiger partial charge in [0, 0.05) is 37.9 Å². The molecule has 2 heterocycles. The van der Waals surface area contributed by atoms with E-state index in [1.54, 1.807) is 7.11 Å². The van der Waals surface area contributed by atoms with Crippen molar-refractivity contribution in [1.29, 1.82) is 0 Å². The number of amides is 1. The Morgan fingerprint density at radius 3 is 2.22 bits per heavy atom. The average molecular weight is 313 g/mol. The Balaban J connectivity index is 1.68. The lowest BCUT2D eigenvalue weighted by molar-refractivity contribution is 0.142. The zero-order valence-corrected chi connectivity index (χ0v) is 13.0. The molecule has 1 amide bonds. The molecule has 0 unspecified atom stereocenters. The minimum atomic E-state index is -0.854. The van der Waals surface area contributed by atoms with Gasteiger partial charge >= 0.3 is 6.09 Å². The largest absolute Gasteiger partial charge is 0.497 e. The monoisotopic (exact) mass is 313 g/mol. The normalized spacial score (nSPS) is 14.7. The van der Waals surface area contributed by atoms with Crippen molar-refractivity contribution < 1.29 is 14.6 Å². The molecule has 6 heteroatoms. The van der Waals surface area contributed by atoms with Crippen LogP contribution in [-0.2, 0) is 0 Å². The van der Waals surface area contributed by atoms with E-state index in [0.29, 0.717) is 26.2 Å². The predicted octanol–water partition coefficient (Wildman–Crippen LogP) is 2.56. The number of ether oxygens (including phenoxy) is 1. The summed E-state index contributed by atoms with van der Waals surface area (Å²) < 4.78 is 5.16. The standard InChI is InChI=1S/C17H19N3O3/c1-23-15-5-2-13(3-6-15)14-4-7-16(18-12-14)19-8-10-20(11-9-19)17(21)22/h2-7,12H,8-11H2,1H3,(H,21,22). The predicted molar refractivity (Wildman–Crippen MR) is 88.0 cm³/mol. The van der Waals surface area contributed by atoms with E-state index in [-0.39, 0.29) is 0 Å². The molecular formula is C17H19N3O3. The summed E-state index contributed by atoms with van der Waals surface area (Å²) in [6, 6.07) is 11.9. The third-order valence-corrected chi connectivity index (χ3v) is 4.05. The zero-order valence-electron chi connectivity index (χ0n) is 13.0. The van der Waals surface area contributed by atoms with Crippen molar-refractivity contribution in [3.63, 3.8) is 0 Å². The Morgan fingerprint density at radius 2 is 1.70 bits per heavy atom. The molecule has 23 heavy (non-hydrogen) atoms. The topological polar surface area (TPSA) is 65.9 Å². The van der Waals surface area contributed by atoms with E-state index < -0.39 is 6.09 Å². The molecule has 0 saturated carbocycles. The quantitative estimate of drug-likeness (QED) is 0.943. The second-order valence-corrected chi connectivity index (χ2v) is 5.39. The number of methoxy groups -OCH3 is 1. The Kier molecular flexibility index (Phi) is 4.32. The second kappa shape index (κ2) is 6.56. The molecule has 6 nitrogen and oxygen atoms in total. The summed E-state index contributed by atoms with van der Waals surface area (Å²) in [6.07, 6.45) is 0.994. The maximum atomic E-state index is 10.9. The molecule has 1 fully saturated rings. The number of aromatic nitrogens is 1. The van der Waals surface area contributed by atoms with Crippen LogP contribution in [0, 0.1) is 0 Å². The first kappa shape index (κ1) is 15.1. The summed E-state index contributed by atoms with van der Waals surface area (Å²) >= 11 is 0. The maximum absolute atomic E-state index is 10.9. The second-order valence-electron chi connectivity index (χ2n) is 5.39. The molecular weight excluding hydrogens is 294 g/mol. The van der Waals surface area contributed by atoms with Crippen LogP contribution in [0.4, 0.5) is 10.6 Å². The van der Waals surface area contributed by atoms with Gasteiger partial charge in [0.15, 0.2) is 0 Å². The molecule has 1 aromatic heterocycles. The summed E-state index contributed by atoms with van der Waals surface area (Å²) in [5, 5.41) is 8.98. The number of hydrogen-bond donors (Lipinski definition) is 1.